The molecule has 0 heteroatoms. The van der Waals surface area contributed by atoms with Crippen molar-refractivity contribution in [3.8, 4) is 0 Å². The molecule has 0 radical (unpaired) electrons. The first-order chi connectivity index (χ1) is 7.09. The van der Waals surface area contributed by atoms with Gasteiger partial charge in [0, 0.05) is 0 Å². The molecule has 0 aromatic heterocycles. The second kappa shape index (κ2) is 3.84. The van der Waals surface area contributed by atoms with Crippen LogP contribution in [0.25, 0.3) is 5.57 Å². The minimum atomic E-state index is 0.638. The average Bonchev–Trinajstić information content (AvgIpc) is 2.19. The second-order valence-electron chi connectivity index (χ2n) is 5.04. The lowest BCUT2D eigenvalue weighted by Crippen LogP contribution is -2.07. The third-order valence-electron chi connectivity index (χ3n) is 3.36. The Bertz CT molecular complexity index is 396. The highest BCUT2D eigenvalue weighted by Crippen LogP contribution is 2.37. The maximum atomic E-state index is 2.42. The fourth-order valence-corrected chi connectivity index (χ4v) is 2.44. The van der Waals surface area contributed by atoms with Crippen LogP contribution < -0.4 is 0 Å². The highest BCUT2D eigenvalue weighted by atomic mass is 14.2. The number of hydrogen-bond acceptors (Lipinski definition) is 0. The predicted molar refractivity (Wildman–Crippen MR) is 67.0 cm³/mol. The molecule has 1 aliphatic rings. The van der Waals surface area contributed by atoms with Gasteiger partial charge in [0.05, 0.1) is 0 Å². The fraction of sp³-hybridized carbons (Fsp3) is 0.467. The molecular formula is C15H20. The van der Waals surface area contributed by atoms with Crippen molar-refractivity contribution in [2.45, 2.75) is 40.0 Å². The first-order valence-corrected chi connectivity index (χ1v) is 5.90. The van der Waals surface area contributed by atoms with Crippen LogP contribution in [0.2, 0.25) is 0 Å². The third-order valence-corrected chi connectivity index (χ3v) is 3.36. The molecule has 80 valence electrons. The zero-order valence-electron chi connectivity index (χ0n) is 10.2. The summed E-state index contributed by atoms with van der Waals surface area (Å²) in [5, 5.41) is 0. The van der Waals surface area contributed by atoms with E-state index >= 15 is 0 Å². The number of allylic oxidation sites excluding steroid dienone is 2. The Kier molecular flexibility index (Phi) is 2.68. The third kappa shape index (κ3) is 1.86. The Morgan fingerprint density at radius 1 is 1.27 bits per heavy atom. The van der Waals surface area contributed by atoms with Crippen LogP contribution >= 0.6 is 0 Å². The topological polar surface area (TPSA) is 0 Å². The summed E-state index contributed by atoms with van der Waals surface area (Å²) in [6.07, 6.45) is 3.62. The summed E-state index contributed by atoms with van der Waals surface area (Å²) < 4.78 is 0. The normalized spacial score (nSPS) is 20.1. The summed E-state index contributed by atoms with van der Waals surface area (Å²) in [5.74, 6) is 1.32. The van der Waals surface area contributed by atoms with Gasteiger partial charge in [-0.3, -0.25) is 0 Å². The van der Waals surface area contributed by atoms with E-state index < -0.39 is 0 Å². The molecule has 0 heterocycles. The van der Waals surface area contributed by atoms with Gasteiger partial charge < -0.3 is 0 Å². The quantitative estimate of drug-likeness (QED) is 0.624. The van der Waals surface area contributed by atoms with Crippen LogP contribution in [-0.2, 0) is 0 Å². The van der Waals surface area contributed by atoms with E-state index in [1.165, 1.54) is 23.1 Å². The van der Waals surface area contributed by atoms with Gasteiger partial charge in [-0.2, -0.15) is 0 Å². The predicted octanol–water partition coefficient (Wildman–Crippen LogP) is 4.54. The number of aryl methyl sites for hydroxylation is 1. The van der Waals surface area contributed by atoms with Gasteiger partial charge in [0.25, 0.3) is 0 Å². The summed E-state index contributed by atoms with van der Waals surface area (Å²) in [5.41, 5.74) is 5.93. The molecule has 2 rings (SSSR count). The molecule has 0 spiro atoms. The number of fused-ring (bicyclic) bond motifs is 1. The van der Waals surface area contributed by atoms with E-state index in [1.807, 2.05) is 0 Å². The molecule has 0 unspecified atom stereocenters. The van der Waals surface area contributed by atoms with Crippen molar-refractivity contribution in [1.29, 1.82) is 0 Å². The maximum Gasteiger partial charge on any atom is -0.0149 e. The van der Waals surface area contributed by atoms with E-state index in [2.05, 4.69) is 52.0 Å². The largest absolute Gasteiger partial charge is 0.0799 e. The van der Waals surface area contributed by atoms with Gasteiger partial charge in [0.1, 0.15) is 0 Å². The first kappa shape index (κ1) is 10.5. The van der Waals surface area contributed by atoms with Crippen molar-refractivity contribution in [3.63, 3.8) is 0 Å². The first-order valence-electron chi connectivity index (χ1n) is 5.90. The molecule has 0 aliphatic heterocycles. The lowest BCUT2D eigenvalue weighted by molar-refractivity contribution is 0.743. The minimum absolute atomic E-state index is 0.638. The van der Waals surface area contributed by atoms with Gasteiger partial charge in [-0.25, -0.2) is 0 Å². The number of benzene rings is 1. The Morgan fingerprint density at radius 2 is 2.00 bits per heavy atom. The zero-order chi connectivity index (χ0) is 11.0. The molecule has 0 saturated heterocycles. The van der Waals surface area contributed by atoms with E-state index in [1.54, 1.807) is 5.56 Å². The molecule has 0 fully saturated rings. The van der Waals surface area contributed by atoms with Gasteiger partial charge in [-0.1, -0.05) is 50.6 Å². The van der Waals surface area contributed by atoms with Crippen molar-refractivity contribution in [2.75, 3.05) is 0 Å². The summed E-state index contributed by atoms with van der Waals surface area (Å²) in [7, 11) is 0. The van der Waals surface area contributed by atoms with Gasteiger partial charge in [-0.05, 0) is 41.9 Å². The van der Waals surface area contributed by atoms with E-state index in [-0.39, 0.29) is 0 Å². The van der Waals surface area contributed by atoms with Crippen molar-refractivity contribution < 1.29 is 0 Å². The van der Waals surface area contributed by atoms with Crippen LogP contribution in [0.15, 0.2) is 24.3 Å². The summed E-state index contributed by atoms with van der Waals surface area (Å²) in [6, 6.07) is 6.88. The number of rotatable bonds is 1. The molecule has 15 heavy (non-hydrogen) atoms. The Balaban J connectivity index is 2.54. The van der Waals surface area contributed by atoms with Crippen LogP contribution in [0.3, 0.4) is 0 Å². The smallest absolute Gasteiger partial charge is 0.0149 e. The molecule has 0 nitrogen and oxygen atoms in total. The van der Waals surface area contributed by atoms with Gasteiger partial charge in [0.15, 0.2) is 0 Å². The molecule has 0 saturated carbocycles. The molecule has 1 atom stereocenters. The molecule has 1 aromatic carbocycles. The monoisotopic (exact) mass is 200 g/mol. The van der Waals surface area contributed by atoms with E-state index in [9.17, 15) is 0 Å². The summed E-state index contributed by atoms with van der Waals surface area (Å²) >= 11 is 0. The fourth-order valence-electron chi connectivity index (χ4n) is 2.44. The van der Waals surface area contributed by atoms with Crippen LogP contribution in [-0.4, -0.2) is 0 Å². The Morgan fingerprint density at radius 3 is 2.67 bits per heavy atom. The van der Waals surface area contributed by atoms with Gasteiger partial charge >= 0.3 is 0 Å². The highest BCUT2D eigenvalue weighted by molar-refractivity contribution is 5.72. The van der Waals surface area contributed by atoms with Crippen LogP contribution in [0, 0.1) is 12.8 Å². The molecule has 0 bridgehead atoms. The van der Waals surface area contributed by atoms with Crippen molar-refractivity contribution in [3.05, 3.63) is 41.0 Å². The van der Waals surface area contributed by atoms with Gasteiger partial charge in [-0.15, -0.1) is 0 Å². The molecule has 1 aromatic rings. The summed E-state index contributed by atoms with van der Waals surface area (Å²) in [6.45, 7) is 9.07. The molecule has 0 amide bonds. The van der Waals surface area contributed by atoms with Gasteiger partial charge in [0.2, 0.25) is 0 Å². The Hall–Kier alpha value is -1.04. The lowest BCUT2D eigenvalue weighted by atomic mass is 9.80. The highest BCUT2D eigenvalue weighted by Gasteiger charge is 2.19. The minimum Gasteiger partial charge on any atom is -0.0799 e. The van der Waals surface area contributed by atoms with Crippen molar-refractivity contribution >= 4 is 5.57 Å². The average molecular weight is 200 g/mol. The molecular weight excluding hydrogens is 180 g/mol. The van der Waals surface area contributed by atoms with Crippen molar-refractivity contribution in [2.24, 2.45) is 5.92 Å². The van der Waals surface area contributed by atoms with Crippen LogP contribution in [0.5, 0.6) is 0 Å². The second-order valence-corrected chi connectivity index (χ2v) is 5.04. The SMILES string of the molecule is Cc1ccc2c(c1)[C@H](C)CC=C2C(C)C. The van der Waals surface area contributed by atoms with Crippen LogP contribution in [0.4, 0.5) is 0 Å². The molecule has 0 N–H and O–H groups in total. The van der Waals surface area contributed by atoms with Crippen molar-refractivity contribution in [1.82, 2.24) is 0 Å². The lowest BCUT2D eigenvalue weighted by Gasteiger charge is -2.25. The van der Waals surface area contributed by atoms with E-state index in [4.69, 9.17) is 0 Å². The number of hydrogen-bond donors (Lipinski definition) is 0. The van der Waals surface area contributed by atoms with Crippen LogP contribution in [0.1, 0.15) is 49.8 Å². The Labute approximate surface area is 93.0 Å². The standard InChI is InChI=1S/C15H20/c1-10(2)13-8-6-12(4)15-9-11(3)5-7-14(13)15/h5,7-10,12H,6H2,1-4H3/t12-/m1/s1. The summed E-state index contributed by atoms with van der Waals surface area (Å²) in [4.78, 5) is 0. The zero-order valence-corrected chi connectivity index (χ0v) is 10.2. The van der Waals surface area contributed by atoms with E-state index in [0.717, 1.165) is 0 Å². The van der Waals surface area contributed by atoms with E-state index in [0.29, 0.717) is 11.8 Å². The molecule has 1 aliphatic carbocycles. The maximum absolute atomic E-state index is 2.42.